The molecule has 0 radical (unpaired) electrons. The van der Waals surface area contributed by atoms with Gasteiger partial charge in [0.15, 0.2) is 10.8 Å². The van der Waals surface area contributed by atoms with E-state index in [1.807, 2.05) is 0 Å². The molecule has 10 heteroatoms. The molecule has 2 heterocycles. The zero-order valence-corrected chi connectivity index (χ0v) is 14.1. The number of fused-ring (bicyclic) bond motifs is 1. The molecular weight excluding hydrogens is 362 g/mol. The number of alkyl halides is 2. The molecule has 3 aromatic rings. The van der Waals surface area contributed by atoms with Crippen LogP contribution in [0.3, 0.4) is 0 Å². The number of nitrogens with one attached hydrogen (secondary N) is 1. The van der Waals surface area contributed by atoms with Crippen LogP contribution in [-0.4, -0.2) is 27.3 Å². The largest absolute Gasteiger partial charge is 0.435 e. The Morgan fingerprint density at radius 3 is 2.83 bits per heavy atom. The number of carbonyl (C=O) groups is 1. The Labute approximate surface area is 144 Å². The van der Waals surface area contributed by atoms with Gasteiger partial charge >= 0.3 is 6.61 Å². The molecule has 1 N–H and O–H groups in total. The lowest BCUT2D eigenvalue weighted by molar-refractivity contribution is -0.0497. The topological polar surface area (TPSA) is 69.0 Å². The number of halogens is 3. The Hall–Kier alpha value is -2.26. The van der Waals surface area contributed by atoms with E-state index in [2.05, 4.69) is 20.1 Å². The fraction of sp³-hybridized carbons (Fsp3) is 0.214. The SMILES string of the molecule is Cc1c(Cl)c(C(=O)Nc2nc3ccc(OC(F)F)cc3s2)nn1C. The van der Waals surface area contributed by atoms with Crippen LogP contribution in [0.5, 0.6) is 5.75 Å². The fourth-order valence-corrected chi connectivity index (χ4v) is 3.15. The van der Waals surface area contributed by atoms with Crippen LogP contribution in [0.2, 0.25) is 5.02 Å². The molecule has 0 aliphatic rings. The van der Waals surface area contributed by atoms with Crippen LogP contribution in [0.25, 0.3) is 10.2 Å². The Kier molecular flexibility index (Phi) is 4.37. The minimum atomic E-state index is -2.90. The minimum absolute atomic E-state index is 0.0300. The van der Waals surface area contributed by atoms with Crippen LogP contribution >= 0.6 is 22.9 Å². The van der Waals surface area contributed by atoms with Gasteiger partial charge in [-0.2, -0.15) is 13.9 Å². The summed E-state index contributed by atoms with van der Waals surface area (Å²) in [6, 6.07) is 4.36. The Morgan fingerprint density at radius 2 is 2.21 bits per heavy atom. The van der Waals surface area contributed by atoms with Crippen molar-refractivity contribution >= 4 is 44.2 Å². The molecule has 0 saturated carbocycles. The maximum absolute atomic E-state index is 12.3. The summed E-state index contributed by atoms with van der Waals surface area (Å²) in [6.45, 7) is -1.15. The zero-order valence-electron chi connectivity index (χ0n) is 12.5. The summed E-state index contributed by atoms with van der Waals surface area (Å²) >= 11 is 7.21. The zero-order chi connectivity index (χ0) is 17.4. The van der Waals surface area contributed by atoms with E-state index in [9.17, 15) is 13.6 Å². The highest BCUT2D eigenvalue weighted by Crippen LogP contribution is 2.30. The van der Waals surface area contributed by atoms with Gasteiger partial charge in [-0.3, -0.25) is 14.8 Å². The lowest BCUT2D eigenvalue weighted by Gasteiger charge is -2.02. The molecule has 3 rings (SSSR count). The number of amides is 1. The first-order chi connectivity index (χ1) is 11.3. The van der Waals surface area contributed by atoms with E-state index in [-0.39, 0.29) is 16.5 Å². The molecular formula is C14H11ClF2N4O2S. The average Bonchev–Trinajstić information content (AvgIpc) is 3.01. The van der Waals surface area contributed by atoms with Crippen molar-refractivity contribution in [2.75, 3.05) is 5.32 Å². The van der Waals surface area contributed by atoms with Gasteiger partial charge in [-0.15, -0.1) is 0 Å². The number of aryl methyl sites for hydroxylation is 1. The van der Waals surface area contributed by atoms with Crippen molar-refractivity contribution in [2.24, 2.45) is 7.05 Å². The Balaban J connectivity index is 1.84. The lowest BCUT2D eigenvalue weighted by Crippen LogP contribution is -2.13. The van der Waals surface area contributed by atoms with Gasteiger partial charge in [-0.1, -0.05) is 22.9 Å². The molecule has 1 aromatic carbocycles. The van der Waals surface area contributed by atoms with Crippen LogP contribution in [0, 0.1) is 6.92 Å². The van der Waals surface area contributed by atoms with Gasteiger partial charge in [0, 0.05) is 7.05 Å². The highest BCUT2D eigenvalue weighted by molar-refractivity contribution is 7.22. The molecule has 0 aliphatic carbocycles. The summed E-state index contributed by atoms with van der Waals surface area (Å²) in [5.41, 5.74) is 1.32. The summed E-state index contributed by atoms with van der Waals surface area (Å²) in [6.07, 6.45) is 0. The van der Waals surface area contributed by atoms with E-state index in [1.165, 1.54) is 22.9 Å². The number of thiazole rings is 1. The number of hydrogen-bond acceptors (Lipinski definition) is 5. The first kappa shape index (κ1) is 16.6. The monoisotopic (exact) mass is 372 g/mol. The fourth-order valence-electron chi connectivity index (χ4n) is 2.02. The van der Waals surface area contributed by atoms with E-state index in [4.69, 9.17) is 11.6 Å². The third-order valence-corrected chi connectivity index (χ3v) is 4.67. The molecule has 0 saturated heterocycles. The quantitative estimate of drug-likeness (QED) is 0.755. The van der Waals surface area contributed by atoms with Crippen molar-refractivity contribution in [2.45, 2.75) is 13.5 Å². The van der Waals surface area contributed by atoms with Gasteiger partial charge in [0.2, 0.25) is 0 Å². The van der Waals surface area contributed by atoms with Gasteiger partial charge in [0.05, 0.1) is 20.9 Å². The van der Waals surface area contributed by atoms with E-state index < -0.39 is 12.5 Å². The molecule has 24 heavy (non-hydrogen) atoms. The van der Waals surface area contributed by atoms with Gasteiger partial charge in [0.1, 0.15) is 5.75 Å². The standard InChI is InChI=1S/C14H11ClF2N4O2S/c1-6-10(15)11(20-21(6)2)12(22)19-14-18-8-4-3-7(23-13(16)17)5-9(8)24-14/h3-5,13H,1-2H3,(H,18,19,22). The van der Waals surface area contributed by atoms with Crippen LogP contribution in [0.4, 0.5) is 13.9 Å². The molecule has 1 amide bonds. The molecule has 6 nitrogen and oxygen atoms in total. The van der Waals surface area contributed by atoms with Gasteiger partial charge in [-0.25, -0.2) is 4.98 Å². The second kappa shape index (κ2) is 6.33. The second-order valence-corrected chi connectivity index (χ2v) is 6.26. The third kappa shape index (κ3) is 3.17. The predicted molar refractivity (Wildman–Crippen MR) is 87.2 cm³/mol. The molecule has 0 atom stereocenters. The summed E-state index contributed by atoms with van der Waals surface area (Å²) < 4.78 is 30.9. The van der Waals surface area contributed by atoms with Gasteiger partial charge in [-0.05, 0) is 25.1 Å². The van der Waals surface area contributed by atoms with Gasteiger partial charge < -0.3 is 4.74 Å². The maximum atomic E-state index is 12.3. The predicted octanol–water partition coefficient (Wildman–Crippen LogP) is 3.85. The van der Waals surface area contributed by atoms with Crippen molar-refractivity contribution in [3.63, 3.8) is 0 Å². The van der Waals surface area contributed by atoms with Crippen molar-refractivity contribution in [1.82, 2.24) is 14.8 Å². The smallest absolute Gasteiger partial charge is 0.387 e. The number of benzene rings is 1. The first-order valence-corrected chi connectivity index (χ1v) is 7.90. The summed E-state index contributed by atoms with van der Waals surface area (Å²) in [5.74, 6) is -0.464. The molecule has 2 aromatic heterocycles. The van der Waals surface area contributed by atoms with Crippen molar-refractivity contribution < 1.29 is 18.3 Å². The lowest BCUT2D eigenvalue weighted by atomic mass is 10.3. The van der Waals surface area contributed by atoms with Crippen LogP contribution < -0.4 is 10.1 Å². The van der Waals surface area contributed by atoms with Gasteiger partial charge in [0.25, 0.3) is 5.91 Å². The number of carbonyl (C=O) groups excluding carboxylic acids is 1. The van der Waals surface area contributed by atoms with E-state index >= 15 is 0 Å². The minimum Gasteiger partial charge on any atom is -0.435 e. The van der Waals surface area contributed by atoms with Crippen molar-refractivity contribution in [3.05, 3.63) is 34.6 Å². The van der Waals surface area contributed by atoms with Crippen LogP contribution in [0.1, 0.15) is 16.2 Å². The average molecular weight is 373 g/mol. The third-order valence-electron chi connectivity index (χ3n) is 3.28. The molecule has 0 unspecified atom stereocenters. The highest BCUT2D eigenvalue weighted by Gasteiger charge is 2.19. The Bertz CT molecular complexity index is 925. The molecule has 0 fully saturated rings. The summed E-state index contributed by atoms with van der Waals surface area (Å²) in [7, 11) is 1.68. The molecule has 0 spiro atoms. The summed E-state index contributed by atoms with van der Waals surface area (Å²) in [5, 5.41) is 7.24. The molecule has 0 aliphatic heterocycles. The number of rotatable bonds is 4. The van der Waals surface area contributed by atoms with Crippen LogP contribution in [0.15, 0.2) is 18.2 Å². The number of hydrogen-bond donors (Lipinski definition) is 1. The van der Waals surface area contributed by atoms with Crippen molar-refractivity contribution in [1.29, 1.82) is 0 Å². The van der Waals surface area contributed by atoms with E-state index in [1.54, 1.807) is 14.0 Å². The highest BCUT2D eigenvalue weighted by atomic mass is 35.5. The van der Waals surface area contributed by atoms with E-state index in [0.29, 0.717) is 21.0 Å². The second-order valence-electron chi connectivity index (χ2n) is 4.85. The Morgan fingerprint density at radius 1 is 1.46 bits per heavy atom. The number of anilines is 1. The number of nitrogens with zero attached hydrogens (tertiary/aromatic N) is 3. The number of ether oxygens (including phenoxy) is 1. The number of aromatic nitrogens is 3. The molecule has 0 bridgehead atoms. The van der Waals surface area contributed by atoms with Crippen molar-refractivity contribution in [3.8, 4) is 5.75 Å². The van der Waals surface area contributed by atoms with Crippen LogP contribution in [-0.2, 0) is 7.05 Å². The molecule has 126 valence electrons. The summed E-state index contributed by atoms with van der Waals surface area (Å²) in [4.78, 5) is 16.5. The first-order valence-electron chi connectivity index (χ1n) is 6.71. The van der Waals surface area contributed by atoms with E-state index in [0.717, 1.165) is 11.3 Å². The maximum Gasteiger partial charge on any atom is 0.387 e. The normalized spacial score (nSPS) is 11.2.